The fourth-order valence-corrected chi connectivity index (χ4v) is 4.10. The second-order valence-corrected chi connectivity index (χ2v) is 7.48. The first-order valence-corrected chi connectivity index (χ1v) is 9.77. The van der Waals surface area contributed by atoms with E-state index in [4.69, 9.17) is 4.74 Å². The maximum atomic E-state index is 12.7. The summed E-state index contributed by atoms with van der Waals surface area (Å²) in [4.78, 5) is 54.0. The Balaban J connectivity index is 1.34. The molecule has 1 N–H and O–H groups in total. The fraction of sp³-hybridized carbons (Fsp3) is 0.364. The Morgan fingerprint density at radius 2 is 1.79 bits per heavy atom. The van der Waals surface area contributed by atoms with Crippen LogP contribution >= 0.6 is 0 Å². The van der Waals surface area contributed by atoms with Crippen LogP contribution in [-0.2, 0) is 19.1 Å². The molecule has 150 valence electrons. The van der Waals surface area contributed by atoms with Crippen LogP contribution in [-0.4, -0.2) is 46.1 Å². The molecule has 0 unspecified atom stereocenters. The molecule has 2 heterocycles. The smallest absolute Gasteiger partial charge is 0.308 e. The molecule has 29 heavy (non-hydrogen) atoms. The lowest BCUT2D eigenvalue weighted by atomic mass is 9.85. The van der Waals surface area contributed by atoms with Crippen LogP contribution in [0, 0.1) is 11.8 Å². The summed E-state index contributed by atoms with van der Waals surface area (Å²) in [6, 6.07) is 7.39. The fourth-order valence-electron chi connectivity index (χ4n) is 4.10. The van der Waals surface area contributed by atoms with E-state index < -0.39 is 12.1 Å². The van der Waals surface area contributed by atoms with Crippen molar-refractivity contribution in [3.05, 3.63) is 48.2 Å². The summed E-state index contributed by atoms with van der Waals surface area (Å²) in [5, 5.41) is 0.768. The van der Waals surface area contributed by atoms with E-state index in [1.54, 1.807) is 6.20 Å². The van der Waals surface area contributed by atoms with E-state index in [9.17, 15) is 19.2 Å². The molecule has 1 aliphatic carbocycles. The molecule has 2 amide bonds. The lowest BCUT2D eigenvalue weighted by molar-refractivity contribution is -0.147. The van der Waals surface area contributed by atoms with Crippen molar-refractivity contribution in [1.29, 1.82) is 0 Å². The molecule has 1 aromatic heterocycles. The van der Waals surface area contributed by atoms with Gasteiger partial charge >= 0.3 is 5.97 Å². The van der Waals surface area contributed by atoms with Crippen LogP contribution in [0.4, 0.5) is 0 Å². The Kier molecular flexibility index (Phi) is 5.05. The van der Waals surface area contributed by atoms with Gasteiger partial charge < -0.3 is 9.72 Å². The number of ether oxygens (including phenoxy) is 1. The van der Waals surface area contributed by atoms with E-state index in [1.165, 1.54) is 6.92 Å². The van der Waals surface area contributed by atoms with Crippen LogP contribution in [0.25, 0.3) is 10.9 Å². The van der Waals surface area contributed by atoms with Crippen molar-refractivity contribution in [3.8, 4) is 0 Å². The molecule has 3 atom stereocenters. The third-order valence-corrected chi connectivity index (χ3v) is 5.67. The molecule has 1 aromatic carbocycles. The Hall–Kier alpha value is -3.22. The van der Waals surface area contributed by atoms with Crippen molar-refractivity contribution in [3.63, 3.8) is 0 Å². The predicted octanol–water partition coefficient (Wildman–Crippen LogP) is 2.62. The maximum Gasteiger partial charge on any atom is 0.308 e. The van der Waals surface area contributed by atoms with Gasteiger partial charge in [0, 0.05) is 29.2 Å². The summed E-state index contributed by atoms with van der Waals surface area (Å²) < 4.78 is 5.27. The van der Waals surface area contributed by atoms with Gasteiger partial charge in [0.1, 0.15) is 0 Å². The number of nitrogens with zero attached hydrogens (tertiary/aromatic N) is 1. The molecule has 1 fully saturated rings. The van der Waals surface area contributed by atoms with E-state index in [0.29, 0.717) is 18.4 Å². The Labute approximate surface area is 167 Å². The van der Waals surface area contributed by atoms with E-state index in [2.05, 4.69) is 4.98 Å². The van der Waals surface area contributed by atoms with Gasteiger partial charge in [-0.3, -0.25) is 24.1 Å². The number of aromatic nitrogens is 1. The van der Waals surface area contributed by atoms with Crippen LogP contribution in [0.5, 0.6) is 0 Å². The third kappa shape index (κ3) is 3.48. The van der Waals surface area contributed by atoms with E-state index in [-0.39, 0.29) is 42.4 Å². The van der Waals surface area contributed by atoms with Crippen molar-refractivity contribution in [2.24, 2.45) is 11.8 Å². The van der Waals surface area contributed by atoms with Gasteiger partial charge in [0.25, 0.3) is 0 Å². The second-order valence-electron chi connectivity index (χ2n) is 7.48. The number of aromatic amines is 1. The number of fused-ring (bicyclic) bond motifs is 2. The highest BCUT2D eigenvalue weighted by Crippen LogP contribution is 2.35. The van der Waals surface area contributed by atoms with Gasteiger partial charge in [-0.25, -0.2) is 0 Å². The monoisotopic (exact) mass is 394 g/mol. The molecule has 7 nitrogen and oxygen atoms in total. The third-order valence-electron chi connectivity index (χ3n) is 5.67. The summed E-state index contributed by atoms with van der Waals surface area (Å²) in [7, 11) is 0. The van der Waals surface area contributed by atoms with E-state index in [1.807, 2.05) is 36.4 Å². The van der Waals surface area contributed by atoms with Crippen molar-refractivity contribution >= 4 is 34.5 Å². The van der Waals surface area contributed by atoms with Crippen molar-refractivity contribution in [2.45, 2.75) is 32.3 Å². The van der Waals surface area contributed by atoms with Crippen LogP contribution in [0.15, 0.2) is 42.6 Å². The number of Topliss-reactive ketones (excluding diaryl/α,β-unsaturated/α-hetero) is 1. The highest BCUT2D eigenvalue weighted by Gasteiger charge is 2.47. The first kappa shape index (κ1) is 19.1. The Bertz CT molecular complexity index is 995. The zero-order valence-electron chi connectivity index (χ0n) is 16.1. The molecule has 7 heteroatoms. The average Bonchev–Trinajstić information content (AvgIpc) is 3.26. The molecule has 0 saturated carbocycles. The molecule has 1 saturated heterocycles. The largest absolute Gasteiger partial charge is 0.454 e. The zero-order chi connectivity index (χ0) is 20.5. The minimum Gasteiger partial charge on any atom is -0.454 e. The van der Waals surface area contributed by atoms with Gasteiger partial charge in [0.05, 0.1) is 18.3 Å². The number of hydrogen-bond donors (Lipinski definition) is 1. The van der Waals surface area contributed by atoms with Crippen molar-refractivity contribution < 1.29 is 23.9 Å². The number of esters is 1. The number of imide groups is 1. The van der Waals surface area contributed by atoms with E-state index >= 15 is 0 Å². The Morgan fingerprint density at radius 3 is 2.48 bits per heavy atom. The highest BCUT2D eigenvalue weighted by atomic mass is 16.5. The molecule has 0 radical (unpaired) electrons. The zero-order valence-corrected chi connectivity index (χ0v) is 16.1. The molecule has 4 rings (SSSR count). The van der Waals surface area contributed by atoms with Gasteiger partial charge in [-0.05, 0) is 25.8 Å². The summed E-state index contributed by atoms with van der Waals surface area (Å²) in [6.45, 7) is 1.51. The predicted molar refractivity (Wildman–Crippen MR) is 105 cm³/mol. The molecule has 0 spiro atoms. The van der Waals surface area contributed by atoms with Crippen LogP contribution in [0.3, 0.4) is 0 Å². The maximum absolute atomic E-state index is 12.7. The first-order valence-electron chi connectivity index (χ1n) is 9.77. The summed E-state index contributed by atoms with van der Waals surface area (Å²) in [5.74, 6) is -1.99. The topological polar surface area (TPSA) is 96.5 Å². The van der Waals surface area contributed by atoms with Crippen molar-refractivity contribution in [2.75, 3.05) is 6.54 Å². The number of hydrogen-bond acceptors (Lipinski definition) is 5. The minimum atomic E-state index is -0.960. The number of nitrogens with one attached hydrogen (secondary N) is 1. The van der Waals surface area contributed by atoms with Gasteiger partial charge in [0.2, 0.25) is 17.6 Å². The minimum absolute atomic E-state index is 0.0164. The average molecular weight is 394 g/mol. The van der Waals surface area contributed by atoms with Crippen molar-refractivity contribution in [1.82, 2.24) is 9.88 Å². The molecular formula is C22H22N2O5. The van der Waals surface area contributed by atoms with Crippen LogP contribution < -0.4 is 0 Å². The number of allylic oxidation sites excluding steroid dienone is 2. The second kappa shape index (κ2) is 7.66. The normalized spacial score (nSPS) is 22.0. The van der Waals surface area contributed by atoms with Gasteiger partial charge in [-0.2, -0.15) is 0 Å². The molecule has 0 bridgehead atoms. The number of amides is 2. The van der Waals surface area contributed by atoms with E-state index in [0.717, 1.165) is 15.8 Å². The number of carbonyl (C=O) groups excluding carboxylic acids is 4. The standard InChI is InChI=1S/C22H22N2O5/c1-13(20(26)17-12-23-18-9-5-4-6-14(17)18)29-19(25)10-11-24-21(27)15-7-2-3-8-16(15)22(24)28/h2-6,9,12-13,15-16,23H,7-8,10-11H2,1H3/t13-,15-,16+/m1/s1. The number of carbonyl (C=O) groups is 4. The number of benzene rings is 1. The van der Waals surface area contributed by atoms with Crippen LogP contribution in [0.2, 0.25) is 0 Å². The lowest BCUT2D eigenvalue weighted by Crippen LogP contribution is -2.34. The number of para-hydroxylation sites is 1. The number of H-pyrrole nitrogens is 1. The SMILES string of the molecule is C[C@@H](OC(=O)CCN1C(=O)[C@H]2CC=CC[C@H]2C1=O)C(=O)c1c[nH]c2ccccc12. The van der Waals surface area contributed by atoms with Crippen LogP contribution in [0.1, 0.15) is 36.5 Å². The summed E-state index contributed by atoms with van der Waals surface area (Å²) in [6.07, 6.45) is 5.48. The molecule has 1 aliphatic heterocycles. The number of rotatable bonds is 6. The Morgan fingerprint density at radius 1 is 1.14 bits per heavy atom. The number of ketones is 1. The number of likely N-dealkylation sites (tertiary alicyclic amines) is 1. The van der Waals surface area contributed by atoms with Gasteiger partial charge in [-0.1, -0.05) is 30.4 Å². The van der Waals surface area contributed by atoms with Gasteiger partial charge in [-0.15, -0.1) is 0 Å². The molecular weight excluding hydrogens is 372 g/mol. The first-order chi connectivity index (χ1) is 14.0. The summed E-state index contributed by atoms with van der Waals surface area (Å²) in [5.41, 5.74) is 1.29. The molecule has 2 aliphatic rings. The summed E-state index contributed by atoms with van der Waals surface area (Å²) >= 11 is 0. The quantitative estimate of drug-likeness (QED) is 0.352. The van der Waals surface area contributed by atoms with Gasteiger partial charge in [0.15, 0.2) is 6.10 Å². The highest BCUT2D eigenvalue weighted by molar-refractivity contribution is 6.10. The lowest BCUT2D eigenvalue weighted by Gasteiger charge is -2.16. The molecule has 2 aromatic rings.